The zero-order chi connectivity index (χ0) is 14.3. The first-order chi connectivity index (χ1) is 9.04. The molecule has 0 bridgehead atoms. The van der Waals surface area contributed by atoms with Gasteiger partial charge in [0.05, 0.1) is 13.5 Å². The number of aromatic hydroxyl groups is 1. The Bertz CT molecular complexity index is 445. The standard InChI is InChI=1S/C14H19NO4/c1-15(9-5-8-14(18)19-2)13(17)10-11-6-3-4-7-12(11)16/h3-4,6-7,16H,5,8-10H2,1-2H3. The van der Waals surface area contributed by atoms with E-state index in [2.05, 4.69) is 4.74 Å². The molecule has 1 N–H and O–H groups in total. The normalized spacial score (nSPS) is 10.0. The van der Waals surface area contributed by atoms with Gasteiger partial charge in [-0.05, 0) is 12.5 Å². The minimum atomic E-state index is -0.276. The Labute approximate surface area is 112 Å². The lowest BCUT2D eigenvalue weighted by Crippen LogP contribution is -2.29. The van der Waals surface area contributed by atoms with Crippen molar-refractivity contribution in [2.24, 2.45) is 0 Å². The lowest BCUT2D eigenvalue weighted by atomic mass is 10.1. The maximum Gasteiger partial charge on any atom is 0.305 e. The summed E-state index contributed by atoms with van der Waals surface area (Å²) >= 11 is 0. The molecule has 0 aromatic heterocycles. The highest BCUT2D eigenvalue weighted by atomic mass is 16.5. The second kappa shape index (κ2) is 7.41. The highest BCUT2D eigenvalue weighted by molar-refractivity contribution is 5.79. The monoisotopic (exact) mass is 265 g/mol. The van der Waals surface area contributed by atoms with Gasteiger partial charge in [-0.2, -0.15) is 0 Å². The van der Waals surface area contributed by atoms with Crippen LogP contribution < -0.4 is 0 Å². The summed E-state index contributed by atoms with van der Waals surface area (Å²) in [5.41, 5.74) is 0.604. The Kier molecular flexibility index (Phi) is 5.85. The average molecular weight is 265 g/mol. The molecule has 0 saturated heterocycles. The topological polar surface area (TPSA) is 66.8 Å². The molecule has 0 atom stereocenters. The van der Waals surface area contributed by atoms with Gasteiger partial charge in [0, 0.05) is 25.6 Å². The number of esters is 1. The summed E-state index contributed by atoms with van der Waals surface area (Å²) in [5.74, 6) is -0.244. The van der Waals surface area contributed by atoms with Crippen molar-refractivity contribution >= 4 is 11.9 Å². The molecule has 1 aromatic rings. The van der Waals surface area contributed by atoms with Gasteiger partial charge in [0.15, 0.2) is 0 Å². The van der Waals surface area contributed by atoms with E-state index in [1.54, 1.807) is 36.2 Å². The molecular formula is C14H19NO4. The van der Waals surface area contributed by atoms with E-state index in [1.165, 1.54) is 7.11 Å². The molecule has 19 heavy (non-hydrogen) atoms. The second-order valence-corrected chi connectivity index (χ2v) is 4.30. The third-order valence-electron chi connectivity index (χ3n) is 2.86. The van der Waals surface area contributed by atoms with Crippen molar-refractivity contribution < 1.29 is 19.4 Å². The average Bonchev–Trinajstić information content (AvgIpc) is 2.40. The molecule has 0 aliphatic carbocycles. The Morgan fingerprint density at radius 1 is 1.32 bits per heavy atom. The summed E-state index contributed by atoms with van der Waals surface area (Å²) in [6.45, 7) is 0.488. The first kappa shape index (κ1) is 15.0. The second-order valence-electron chi connectivity index (χ2n) is 4.30. The maximum absolute atomic E-state index is 11.9. The minimum absolute atomic E-state index is 0.0913. The lowest BCUT2D eigenvalue weighted by Gasteiger charge is -2.17. The van der Waals surface area contributed by atoms with E-state index in [0.717, 1.165) is 0 Å². The van der Waals surface area contributed by atoms with Gasteiger partial charge >= 0.3 is 5.97 Å². The van der Waals surface area contributed by atoms with E-state index < -0.39 is 0 Å². The van der Waals surface area contributed by atoms with Crippen LogP contribution in [0.5, 0.6) is 5.75 Å². The number of hydrogen-bond acceptors (Lipinski definition) is 4. The lowest BCUT2D eigenvalue weighted by molar-refractivity contribution is -0.141. The molecule has 0 fully saturated rings. The molecule has 5 heteroatoms. The van der Waals surface area contributed by atoms with Crippen LogP contribution in [0.2, 0.25) is 0 Å². The minimum Gasteiger partial charge on any atom is -0.508 e. The quantitative estimate of drug-likeness (QED) is 0.788. The summed E-state index contributed by atoms with van der Waals surface area (Å²) in [5, 5.41) is 9.59. The third-order valence-corrected chi connectivity index (χ3v) is 2.86. The number of rotatable bonds is 6. The Hall–Kier alpha value is -2.04. The Morgan fingerprint density at radius 2 is 2.00 bits per heavy atom. The van der Waals surface area contributed by atoms with Crippen LogP contribution in [0.4, 0.5) is 0 Å². The van der Waals surface area contributed by atoms with Crippen LogP contribution in [0.15, 0.2) is 24.3 Å². The van der Waals surface area contributed by atoms with Crippen molar-refractivity contribution in [1.29, 1.82) is 0 Å². The van der Waals surface area contributed by atoms with Gasteiger partial charge in [0.1, 0.15) is 5.75 Å². The number of para-hydroxylation sites is 1. The summed E-state index contributed by atoms with van der Waals surface area (Å²) in [6.07, 6.45) is 1.02. The summed E-state index contributed by atoms with van der Waals surface area (Å²) in [6, 6.07) is 6.76. The van der Waals surface area contributed by atoms with Crippen LogP contribution >= 0.6 is 0 Å². The maximum atomic E-state index is 11.9. The molecule has 0 spiro atoms. The number of nitrogens with zero attached hydrogens (tertiary/aromatic N) is 1. The molecule has 1 rings (SSSR count). The smallest absolute Gasteiger partial charge is 0.305 e. The number of likely N-dealkylation sites (N-methyl/N-ethyl adjacent to an activating group) is 1. The Balaban J connectivity index is 2.41. The fraction of sp³-hybridized carbons (Fsp3) is 0.429. The molecule has 0 unspecified atom stereocenters. The van der Waals surface area contributed by atoms with Crippen molar-refractivity contribution in [2.75, 3.05) is 20.7 Å². The SMILES string of the molecule is COC(=O)CCCN(C)C(=O)Cc1ccccc1O. The van der Waals surface area contributed by atoms with Gasteiger partial charge in [-0.25, -0.2) is 0 Å². The predicted molar refractivity (Wildman–Crippen MR) is 70.7 cm³/mol. The van der Waals surface area contributed by atoms with Gasteiger partial charge in [0.25, 0.3) is 0 Å². The zero-order valence-electron chi connectivity index (χ0n) is 11.3. The summed E-state index contributed by atoms with van der Waals surface area (Å²) in [7, 11) is 3.02. The molecule has 0 heterocycles. The van der Waals surface area contributed by atoms with Crippen LogP contribution in [0.1, 0.15) is 18.4 Å². The van der Waals surface area contributed by atoms with E-state index >= 15 is 0 Å². The first-order valence-electron chi connectivity index (χ1n) is 6.12. The number of phenols is 1. The number of phenolic OH excluding ortho intramolecular Hbond substituents is 1. The fourth-order valence-electron chi connectivity index (χ4n) is 1.65. The predicted octanol–water partition coefficient (Wildman–Crippen LogP) is 1.35. The van der Waals surface area contributed by atoms with Gasteiger partial charge in [-0.15, -0.1) is 0 Å². The van der Waals surface area contributed by atoms with E-state index in [4.69, 9.17) is 0 Å². The van der Waals surface area contributed by atoms with E-state index in [9.17, 15) is 14.7 Å². The van der Waals surface area contributed by atoms with Crippen LogP contribution in [0, 0.1) is 0 Å². The van der Waals surface area contributed by atoms with Crippen molar-refractivity contribution in [3.8, 4) is 5.75 Å². The molecule has 0 saturated carbocycles. The zero-order valence-corrected chi connectivity index (χ0v) is 11.3. The number of ether oxygens (including phenoxy) is 1. The van der Waals surface area contributed by atoms with Gasteiger partial charge in [-0.3, -0.25) is 9.59 Å². The third kappa shape index (κ3) is 4.99. The van der Waals surface area contributed by atoms with Crippen molar-refractivity contribution in [3.63, 3.8) is 0 Å². The highest BCUT2D eigenvalue weighted by Crippen LogP contribution is 2.16. The van der Waals surface area contributed by atoms with Crippen molar-refractivity contribution in [2.45, 2.75) is 19.3 Å². The van der Waals surface area contributed by atoms with Gasteiger partial charge in [-0.1, -0.05) is 18.2 Å². The highest BCUT2D eigenvalue weighted by Gasteiger charge is 2.12. The van der Waals surface area contributed by atoms with Crippen LogP contribution in [-0.2, 0) is 20.7 Å². The van der Waals surface area contributed by atoms with Crippen molar-refractivity contribution in [3.05, 3.63) is 29.8 Å². The van der Waals surface area contributed by atoms with Crippen molar-refractivity contribution in [1.82, 2.24) is 4.90 Å². The largest absolute Gasteiger partial charge is 0.508 e. The number of hydrogen-bond donors (Lipinski definition) is 1. The number of methoxy groups -OCH3 is 1. The Morgan fingerprint density at radius 3 is 2.63 bits per heavy atom. The van der Waals surface area contributed by atoms with E-state index in [1.807, 2.05) is 0 Å². The molecular weight excluding hydrogens is 246 g/mol. The summed E-state index contributed by atoms with van der Waals surface area (Å²) < 4.78 is 4.53. The number of benzene rings is 1. The van der Waals surface area contributed by atoms with E-state index in [0.29, 0.717) is 24.9 Å². The summed E-state index contributed by atoms with van der Waals surface area (Å²) in [4.78, 5) is 24.4. The molecule has 1 amide bonds. The van der Waals surface area contributed by atoms with Gasteiger partial charge < -0.3 is 14.7 Å². The molecule has 104 valence electrons. The number of carbonyl (C=O) groups excluding carboxylic acids is 2. The van der Waals surface area contributed by atoms with E-state index in [-0.39, 0.29) is 24.0 Å². The van der Waals surface area contributed by atoms with Crippen LogP contribution in [0.25, 0.3) is 0 Å². The van der Waals surface area contributed by atoms with Crippen LogP contribution in [0.3, 0.4) is 0 Å². The first-order valence-corrected chi connectivity index (χ1v) is 6.12. The molecule has 0 radical (unpaired) electrons. The molecule has 5 nitrogen and oxygen atoms in total. The molecule has 0 aliphatic rings. The molecule has 1 aromatic carbocycles. The number of carbonyl (C=O) groups is 2. The fourth-order valence-corrected chi connectivity index (χ4v) is 1.65. The van der Waals surface area contributed by atoms with Gasteiger partial charge in [0.2, 0.25) is 5.91 Å². The van der Waals surface area contributed by atoms with Crippen LogP contribution in [-0.4, -0.2) is 42.6 Å². The number of amides is 1. The molecule has 0 aliphatic heterocycles.